The molecular formula is C17H20F2I2N2O. The van der Waals surface area contributed by atoms with Gasteiger partial charge in [0.1, 0.15) is 11.7 Å². The molecule has 3 nitrogen and oxygen atoms in total. The highest BCUT2D eigenvalue weighted by atomic mass is 128. The third-order valence-electron chi connectivity index (χ3n) is 3.11. The fourth-order valence-corrected chi connectivity index (χ4v) is 1.98. The van der Waals surface area contributed by atoms with Crippen LogP contribution in [-0.2, 0) is 4.79 Å². The van der Waals surface area contributed by atoms with E-state index >= 15 is 0 Å². The van der Waals surface area contributed by atoms with E-state index in [1.165, 1.54) is 0 Å². The standard InChI is InChI=1S/C17H20F2N2O.I2/c1-13(18)11-17(14(2)19)15-5-7-16(8-6-15)21(3)10-4-9-20-12-22;1-2/h5-8,11-12H,1-2,4,9-10H2,3H3,(H,20,22);/b17-11+;. The lowest BCUT2D eigenvalue weighted by molar-refractivity contribution is -0.109. The van der Waals surface area contributed by atoms with Crippen molar-refractivity contribution in [3.8, 4) is 0 Å². The second-order valence-electron chi connectivity index (χ2n) is 4.80. The number of amides is 1. The number of benzene rings is 1. The van der Waals surface area contributed by atoms with Crippen LogP contribution in [0.1, 0.15) is 12.0 Å². The zero-order chi connectivity index (χ0) is 18.5. The molecule has 24 heavy (non-hydrogen) atoms. The molecule has 1 aromatic carbocycles. The summed E-state index contributed by atoms with van der Waals surface area (Å²) in [6.07, 6.45) is 2.50. The number of hydrogen-bond donors (Lipinski definition) is 1. The predicted octanol–water partition coefficient (Wildman–Crippen LogP) is 5.38. The van der Waals surface area contributed by atoms with Crippen molar-refractivity contribution in [2.45, 2.75) is 6.42 Å². The van der Waals surface area contributed by atoms with Crippen LogP contribution in [0.5, 0.6) is 0 Å². The fourth-order valence-electron chi connectivity index (χ4n) is 1.98. The topological polar surface area (TPSA) is 32.3 Å². The van der Waals surface area contributed by atoms with Gasteiger partial charge >= 0.3 is 0 Å². The summed E-state index contributed by atoms with van der Waals surface area (Å²) in [4.78, 5) is 12.2. The van der Waals surface area contributed by atoms with Crippen molar-refractivity contribution < 1.29 is 13.6 Å². The summed E-state index contributed by atoms with van der Waals surface area (Å²) in [6.45, 7) is 7.69. The van der Waals surface area contributed by atoms with Crippen LogP contribution in [0.2, 0.25) is 0 Å². The second kappa shape index (κ2) is 13.3. The van der Waals surface area contributed by atoms with Gasteiger partial charge in [-0.3, -0.25) is 4.79 Å². The average molecular weight is 560 g/mol. The number of carbonyl (C=O) groups is 1. The molecule has 0 heterocycles. The summed E-state index contributed by atoms with van der Waals surface area (Å²) in [5, 5.41) is 2.60. The van der Waals surface area contributed by atoms with Gasteiger partial charge in [0, 0.05) is 68.6 Å². The van der Waals surface area contributed by atoms with E-state index < -0.39 is 11.7 Å². The number of nitrogens with zero attached hydrogens (tertiary/aromatic N) is 1. The Kier molecular flexibility index (Phi) is 12.8. The molecule has 0 aliphatic rings. The number of hydrogen-bond acceptors (Lipinski definition) is 2. The van der Waals surface area contributed by atoms with Crippen LogP contribution in [0, 0.1) is 0 Å². The summed E-state index contributed by atoms with van der Waals surface area (Å²) in [5.74, 6) is -1.43. The van der Waals surface area contributed by atoms with Gasteiger partial charge in [-0.05, 0) is 30.2 Å². The first-order chi connectivity index (χ1) is 11.5. The van der Waals surface area contributed by atoms with Gasteiger partial charge < -0.3 is 10.2 Å². The van der Waals surface area contributed by atoms with Gasteiger partial charge in [-0.2, -0.15) is 0 Å². The summed E-state index contributed by atoms with van der Waals surface area (Å²) in [7, 11) is 1.92. The second-order valence-corrected chi connectivity index (χ2v) is 4.80. The van der Waals surface area contributed by atoms with E-state index in [1.54, 1.807) is 12.1 Å². The van der Waals surface area contributed by atoms with Crippen molar-refractivity contribution in [3.05, 3.63) is 60.7 Å². The molecule has 0 aliphatic carbocycles. The number of anilines is 1. The predicted molar refractivity (Wildman–Crippen MR) is 115 cm³/mol. The Hall–Kier alpha value is -0.970. The van der Waals surface area contributed by atoms with E-state index in [0.717, 1.165) is 24.7 Å². The molecule has 1 N–H and O–H groups in total. The quantitative estimate of drug-likeness (QED) is 0.191. The maximum atomic E-state index is 13.4. The molecule has 0 radical (unpaired) electrons. The van der Waals surface area contributed by atoms with Crippen LogP contribution >= 0.6 is 37.2 Å². The van der Waals surface area contributed by atoms with Crippen LogP contribution in [0.25, 0.3) is 5.57 Å². The summed E-state index contributed by atoms with van der Waals surface area (Å²) in [6, 6.07) is 7.05. The number of carbonyl (C=O) groups excluding carboxylic acids is 1. The summed E-state index contributed by atoms with van der Waals surface area (Å²) >= 11 is 4.24. The smallest absolute Gasteiger partial charge is 0.207 e. The molecule has 132 valence electrons. The normalized spacial score (nSPS) is 10.3. The molecule has 0 fully saturated rings. The van der Waals surface area contributed by atoms with E-state index in [-0.39, 0.29) is 5.57 Å². The lowest BCUT2D eigenvalue weighted by Gasteiger charge is -2.19. The maximum Gasteiger partial charge on any atom is 0.207 e. The Bertz CT molecular complexity index is 574. The minimum absolute atomic E-state index is 0.0805. The zero-order valence-corrected chi connectivity index (χ0v) is 17.7. The van der Waals surface area contributed by atoms with Crippen LogP contribution in [0.3, 0.4) is 0 Å². The first kappa shape index (κ1) is 23.0. The maximum absolute atomic E-state index is 13.4. The van der Waals surface area contributed by atoms with Crippen LogP contribution in [-0.4, -0.2) is 26.5 Å². The minimum Gasteiger partial charge on any atom is -0.375 e. The van der Waals surface area contributed by atoms with Gasteiger partial charge in [0.2, 0.25) is 6.41 Å². The number of halogens is 4. The Balaban J connectivity index is 0.00000254. The van der Waals surface area contributed by atoms with E-state index in [2.05, 4.69) is 55.7 Å². The third kappa shape index (κ3) is 8.76. The lowest BCUT2D eigenvalue weighted by atomic mass is 10.0. The van der Waals surface area contributed by atoms with Crippen LogP contribution < -0.4 is 10.2 Å². The van der Waals surface area contributed by atoms with Gasteiger partial charge in [0.25, 0.3) is 0 Å². The van der Waals surface area contributed by atoms with Crippen molar-refractivity contribution in [2.24, 2.45) is 0 Å². The minimum atomic E-state index is -0.724. The van der Waals surface area contributed by atoms with Gasteiger partial charge in [0.15, 0.2) is 0 Å². The number of nitrogens with one attached hydrogen (secondary N) is 1. The molecule has 0 bridgehead atoms. The van der Waals surface area contributed by atoms with Gasteiger partial charge in [-0.1, -0.05) is 25.3 Å². The molecule has 0 saturated carbocycles. The third-order valence-corrected chi connectivity index (χ3v) is 3.11. The van der Waals surface area contributed by atoms with Crippen molar-refractivity contribution in [2.75, 3.05) is 25.0 Å². The molecule has 1 aromatic rings. The van der Waals surface area contributed by atoms with Gasteiger partial charge in [-0.15, -0.1) is 0 Å². The lowest BCUT2D eigenvalue weighted by Crippen LogP contribution is -2.23. The molecule has 7 heteroatoms. The van der Waals surface area contributed by atoms with Crippen LogP contribution in [0.4, 0.5) is 14.5 Å². The molecule has 0 aromatic heterocycles. The first-order valence-corrected chi connectivity index (χ1v) is 13.3. The van der Waals surface area contributed by atoms with Crippen molar-refractivity contribution >= 4 is 54.9 Å². The molecule has 1 rings (SSSR count). The van der Waals surface area contributed by atoms with Crippen molar-refractivity contribution in [1.82, 2.24) is 5.32 Å². The SMILES string of the molecule is C=C(F)/C=C(\C(=C)F)c1ccc(N(C)CCCNC=O)cc1.II. The van der Waals surface area contributed by atoms with E-state index in [0.29, 0.717) is 18.5 Å². The summed E-state index contributed by atoms with van der Waals surface area (Å²) < 4.78 is 26.3. The Morgan fingerprint density at radius 3 is 2.29 bits per heavy atom. The van der Waals surface area contributed by atoms with E-state index in [1.807, 2.05) is 24.1 Å². The van der Waals surface area contributed by atoms with Crippen molar-refractivity contribution in [1.29, 1.82) is 0 Å². The molecule has 0 aliphatic heterocycles. The molecule has 0 unspecified atom stereocenters. The average Bonchev–Trinajstić information content (AvgIpc) is 2.58. The highest BCUT2D eigenvalue weighted by molar-refractivity contribution is 15.0. The molecular weight excluding hydrogens is 540 g/mol. The molecule has 1 amide bonds. The largest absolute Gasteiger partial charge is 0.375 e. The van der Waals surface area contributed by atoms with E-state index in [4.69, 9.17) is 0 Å². The molecule has 0 saturated heterocycles. The fraction of sp³-hybridized carbons (Fsp3) is 0.235. The molecule has 0 atom stereocenters. The highest BCUT2D eigenvalue weighted by Gasteiger charge is 2.08. The van der Waals surface area contributed by atoms with Crippen molar-refractivity contribution in [3.63, 3.8) is 0 Å². The zero-order valence-electron chi connectivity index (χ0n) is 13.4. The molecule has 0 spiro atoms. The number of allylic oxidation sites excluding steroid dienone is 4. The highest BCUT2D eigenvalue weighted by Crippen LogP contribution is 2.26. The Morgan fingerprint density at radius 1 is 1.25 bits per heavy atom. The monoisotopic (exact) mass is 560 g/mol. The van der Waals surface area contributed by atoms with Gasteiger partial charge in [-0.25, -0.2) is 8.78 Å². The van der Waals surface area contributed by atoms with Crippen LogP contribution in [0.15, 0.2) is 55.2 Å². The van der Waals surface area contributed by atoms with Gasteiger partial charge in [0.05, 0.1) is 0 Å². The Labute approximate surface area is 165 Å². The first-order valence-electron chi connectivity index (χ1n) is 6.99. The Morgan fingerprint density at radius 2 is 1.83 bits per heavy atom. The summed E-state index contributed by atoms with van der Waals surface area (Å²) in [5.41, 5.74) is 1.56. The van der Waals surface area contributed by atoms with E-state index in [9.17, 15) is 13.6 Å². The number of rotatable bonds is 9.